The minimum Gasteiger partial charge on any atom is -0.322 e. The maximum Gasteiger partial charge on any atom is 0.194 e. The van der Waals surface area contributed by atoms with Gasteiger partial charge in [0.2, 0.25) is 0 Å². The molecule has 0 saturated carbocycles. The summed E-state index contributed by atoms with van der Waals surface area (Å²) in [6.45, 7) is 0. The number of nitrogens with two attached hydrogens (primary N) is 1. The molecule has 0 aliphatic heterocycles. The lowest BCUT2D eigenvalue weighted by atomic mass is 9.84. The van der Waals surface area contributed by atoms with Gasteiger partial charge < -0.3 is 5.84 Å². The van der Waals surface area contributed by atoms with E-state index in [1.807, 2.05) is 0 Å². The highest BCUT2D eigenvalue weighted by Gasteiger charge is 2.28. The Hall–Kier alpha value is -3.15. The largest absolute Gasteiger partial charge is 0.322 e. The summed E-state index contributed by atoms with van der Waals surface area (Å²) < 4.78 is 0. The molecule has 104 valence electrons. The Bertz CT molecular complexity index is 632. The van der Waals surface area contributed by atoms with Crippen molar-refractivity contribution in [3.63, 3.8) is 0 Å². The fraction of sp³-hybridized carbons (Fsp3) is 0. The van der Waals surface area contributed by atoms with E-state index in [4.69, 9.17) is 5.53 Å². The first-order chi connectivity index (χ1) is 10.2. The van der Waals surface area contributed by atoms with Gasteiger partial charge in [0.25, 0.3) is 0 Å². The third kappa shape index (κ3) is 2.74. The molecule has 1 aliphatic carbocycles. The third-order valence-electron chi connectivity index (χ3n) is 2.96. The minimum atomic E-state index is -0.0641. The molecular formula is C15H12N4O2. The van der Waals surface area contributed by atoms with E-state index in [1.54, 1.807) is 48.5 Å². The molecule has 0 radical (unpaired) electrons. The van der Waals surface area contributed by atoms with Crippen molar-refractivity contribution in [3.05, 3.63) is 70.8 Å². The van der Waals surface area contributed by atoms with Crippen LogP contribution in [0.5, 0.6) is 0 Å². The zero-order valence-corrected chi connectivity index (χ0v) is 11.0. The van der Waals surface area contributed by atoms with Crippen LogP contribution in [-0.4, -0.2) is 17.9 Å². The van der Waals surface area contributed by atoms with Crippen molar-refractivity contribution in [3.8, 4) is 0 Å². The Kier molecular flexibility index (Phi) is 4.30. The molecule has 0 heterocycles. The van der Waals surface area contributed by atoms with Crippen molar-refractivity contribution in [2.24, 2.45) is 16.1 Å². The second-order valence-electron chi connectivity index (χ2n) is 4.14. The van der Waals surface area contributed by atoms with Crippen LogP contribution < -0.4 is 5.84 Å². The first kappa shape index (κ1) is 14.3. The van der Waals surface area contributed by atoms with Gasteiger partial charge in [0.05, 0.1) is 0 Å². The number of benzene rings is 2. The van der Waals surface area contributed by atoms with Crippen LogP contribution in [-0.2, 0) is 0 Å². The van der Waals surface area contributed by atoms with Crippen LogP contribution >= 0.6 is 0 Å². The van der Waals surface area contributed by atoms with Crippen molar-refractivity contribution in [1.82, 2.24) is 0 Å². The average Bonchev–Trinajstić information content (AvgIpc) is 2.54. The smallest absolute Gasteiger partial charge is 0.194 e. The molecule has 0 spiro atoms. The minimum absolute atomic E-state index is 0.0641. The molecule has 0 amide bonds. The Labute approximate surface area is 120 Å². The molecule has 2 aromatic carbocycles. The highest BCUT2D eigenvalue weighted by Crippen LogP contribution is 2.26. The summed E-state index contributed by atoms with van der Waals surface area (Å²) in [4.78, 5) is 24.2. The quantitative estimate of drug-likeness (QED) is 0.235. The highest BCUT2D eigenvalue weighted by atomic mass is 16.1. The number of rotatable bonds is 1. The van der Waals surface area contributed by atoms with Gasteiger partial charge in [-0.3, -0.25) is 9.59 Å². The number of carbonyl (C=O) groups excluding carboxylic acids is 2. The summed E-state index contributed by atoms with van der Waals surface area (Å²) in [5.74, 6) is 4.37. The first-order valence-corrected chi connectivity index (χ1v) is 6.06. The van der Waals surface area contributed by atoms with Gasteiger partial charge in [-0.15, -0.1) is 5.11 Å². The molecule has 6 nitrogen and oxygen atoms in total. The molecule has 0 saturated heterocycles. The molecule has 1 aliphatic rings. The van der Waals surface area contributed by atoms with E-state index in [9.17, 15) is 9.59 Å². The lowest BCUT2D eigenvalue weighted by molar-refractivity contribution is 0.0979. The lowest BCUT2D eigenvalue weighted by Gasteiger charge is -2.16. The van der Waals surface area contributed by atoms with Crippen LogP contribution in [0.4, 0.5) is 0 Å². The van der Waals surface area contributed by atoms with Gasteiger partial charge in [0.15, 0.2) is 17.9 Å². The van der Waals surface area contributed by atoms with Crippen LogP contribution in [0, 0.1) is 5.53 Å². The van der Waals surface area contributed by atoms with E-state index in [1.165, 1.54) is 0 Å². The first-order valence-electron chi connectivity index (χ1n) is 6.06. The van der Waals surface area contributed by atoms with Crippen LogP contribution in [0.1, 0.15) is 31.8 Å². The molecule has 0 bridgehead atoms. The number of hydrogen-bond acceptors (Lipinski definition) is 5. The highest BCUT2D eigenvalue weighted by molar-refractivity contribution is 6.28. The monoisotopic (exact) mass is 280 g/mol. The summed E-state index contributed by atoms with van der Waals surface area (Å²) in [7, 11) is 0. The predicted molar refractivity (Wildman–Crippen MR) is 77.6 cm³/mol. The summed E-state index contributed by atoms with van der Waals surface area (Å²) in [5.41, 5.74) is 8.02. The van der Waals surface area contributed by atoms with Gasteiger partial charge in [0.1, 0.15) is 0 Å². The number of nitrogens with one attached hydrogen (secondary N) is 1. The fourth-order valence-electron chi connectivity index (χ4n) is 2.08. The topological polar surface area (TPSA) is 109 Å². The maximum absolute atomic E-state index is 12.1. The summed E-state index contributed by atoms with van der Waals surface area (Å²) in [6, 6.07) is 13.9. The summed E-state index contributed by atoms with van der Waals surface area (Å²) in [6.07, 6.45) is 0.944. The van der Waals surface area contributed by atoms with Gasteiger partial charge in [-0.2, -0.15) is 5.10 Å². The van der Waals surface area contributed by atoms with E-state index in [0.717, 1.165) is 6.34 Å². The fourth-order valence-corrected chi connectivity index (χ4v) is 2.08. The SMILES string of the molecule is N=N/C=N/N.O=C1c2ccccc2C(=O)c2ccccc21. The van der Waals surface area contributed by atoms with Crippen LogP contribution in [0.15, 0.2) is 58.7 Å². The zero-order valence-electron chi connectivity index (χ0n) is 11.0. The standard InChI is InChI=1S/C14H8O2.CH4N4/c15-13-9-5-1-2-6-10(9)14(16)12-8-4-3-7-11(12)13;2-4-1-5-3/h1-8H;1-2H,3H2/b;4-2?,5-1+. The van der Waals surface area contributed by atoms with Gasteiger partial charge in [-0.05, 0) is 0 Å². The molecule has 0 aromatic heterocycles. The normalized spacial score (nSPS) is 12.2. The van der Waals surface area contributed by atoms with Crippen molar-refractivity contribution >= 4 is 17.9 Å². The van der Waals surface area contributed by atoms with E-state index >= 15 is 0 Å². The number of ketones is 2. The Morgan fingerprint density at radius 3 is 1.33 bits per heavy atom. The van der Waals surface area contributed by atoms with Gasteiger partial charge in [-0.1, -0.05) is 48.5 Å². The second kappa shape index (κ2) is 6.33. The second-order valence-corrected chi connectivity index (χ2v) is 4.14. The van der Waals surface area contributed by atoms with Crippen molar-refractivity contribution < 1.29 is 9.59 Å². The molecule has 2 aromatic rings. The van der Waals surface area contributed by atoms with Crippen LogP contribution in [0.2, 0.25) is 0 Å². The molecule has 0 atom stereocenters. The number of hydrogen-bond donors (Lipinski definition) is 2. The van der Waals surface area contributed by atoms with Crippen molar-refractivity contribution in [2.45, 2.75) is 0 Å². The van der Waals surface area contributed by atoms with Crippen molar-refractivity contribution in [2.75, 3.05) is 0 Å². The summed E-state index contributed by atoms with van der Waals surface area (Å²) >= 11 is 0. The van der Waals surface area contributed by atoms with Gasteiger partial charge in [-0.25, -0.2) is 5.53 Å². The van der Waals surface area contributed by atoms with Crippen LogP contribution in [0.25, 0.3) is 0 Å². The average molecular weight is 280 g/mol. The number of hydrazone groups is 1. The molecule has 3 N–H and O–H groups in total. The summed E-state index contributed by atoms with van der Waals surface area (Å²) in [5, 5.41) is 5.56. The van der Waals surface area contributed by atoms with Gasteiger partial charge in [0, 0.05) is 22.3 Å². The molecule has 3 rings (SSSR count). The van der Waals surface area contributed by atoms with E-state index in [2.05, 4.69) is 16.1 Å². The van der Waals surface area contributed by atoms with E-state index in [-0.39, 0.29) is 11.6 Å². The molecule has 0 unspecified atom stereocenters. The zero-order chi connectivity index (χ0) is 15.2. The Morgan fingerprint density at radius 1 is 0.810 bits per heavy atom. The van der Waals surface area contributed by atoms with E-state index < -0.39 is 0 Å². The predicted octanol–water partition coefficient (Wildman–Crippen LogP) is 2.38. The van der Waals surface area contributed by atoms with Gasteiger partial charge >= 0.3 is 0 Å². The molecule has 21 heavy (non-hydrogen) atoms. The van der Waals surface area contributed by atoms with E-state index in [0.29, 0.717) is 22.3 Å². The Balaban J connectivity index is 0.000000282. The molecule has 6 heteroatoms. The third-order valence-corrected chi connectivity index (χ3v) is 2.96. The lowest BCUT2D eigenvalue weighted by Crippen LogP contribution is -2.20. The number of nitrogens with zero attached hydrogens (tertiary/aromatic N) is 2. The van der Waals surface area contributed by atoms with Crippen molar-refractivity contribution in [1.29, 1.82) is 5.53 Å². The number of fused-ring (bicyclic) bond motifs is 2. The Morgan fingerprint density at radius 2 is 1.14 bits per heavy atom. The molecule has 0 fully saturated rings. The molecular weight excluding hydrogens is 268 g/mol. The van der Waals surface area contributed by atoms with Crippen LogP contribution in [0.3, 0.4) is 0 Å². The number of carbonyl (C=O) groups is 2. The maximum atomic E-state index is 12.1.